The van der Waals surface area contributed by atoms with Crippen LogP contribution in [0.15, 0.2) is 22.6 Å². The first-order valence-corrected chi connectivity index (χ1v) is 7.38. The molecule has 2 heterocycles. The van der Waals surface area contributed by atoms with Crippen LogP contribution < -0.4 is 5.56 Å². The third-order valence-electron chi connectivity index (χ3n) is 3.37. The number of fused-ring (bicyclic) bond motifs is 1. The van der Waals surface area contributed by atoms with E-state index in [4.69, 9.17) is 5.11 Å². The fourth-order valence-electron chi connectivity index (χ4n) is 2.20. The molecule has 110 valence electrons. The minimum absolute atomic E-state index is 0.0119. The molecule has 1 fully saturated rings. The van der Waals surface area contributed by atoms with Crippen LogP contribution in [0.5, 0.6) is 0 Å². The van der Waals surface area contributed by atoms with E-state index in [1.807, 2.05) is 0 Å². The SMILES string of the molecule is O=C(O)CN(C(=O)Cn1cnc2sccc2c1=O)C1CC1. The predicted octanol–water partition coefficient (Wildman–Crippen LogP) is 0.534. The predicted molar refractivity (Wildman–Crippen MR) is 76.3 cm³/mol. The Hall–Kier alpha value is -2.22. The van der Waals surface area contributed by atoms with Gasteiger partial charge in [0.05, 0.1) is 11.7 Å². The van der Waals surface area contributed by atoms with Gasteiger partial charge in [-0.3, -0.25) is 19.0 Å². The number of carbonyl (C=O) groups is 2. The molecule has 0 saturated heterocycles. The average molecular weight is 307 g/mol. The summed E-state index contributed by atoms with van der Waals surface area (Å²) >= 11 is 1.36. The van der Waals surface area contributed by atoms with Crippen LogP contribution in [-0.2, 0) is 16.1 Å². The lowest BCUT2D eigenvalue weighted by Crippen LogP contribution is -2.41. The van der Waals surface area contributed by atoms with Crippen LogP contribution in [0.4, 0.5) is 0 Å². The highest BCUT2D eigenvalue weighted by molar-refractivity contribution is 7.16. The third kappa shape index (κ3) is 2.80. The fraction of sp³-hybridized carbons (Fsp3) is 0.385. The van der Waals surface area contributed by atoms with Crippen LogP contribution in [0.1, 0.15) is 12.8 Å². The monoisotopic (exact) mass is 307 g/mol. The average Bonchev–Trinajstić information content (AvgIpc) is 3.16. The highest BCUT2D eigenvalue weighted by Crippen LogP contribution is 2.26. The summed E-state index contributed by atoms with van der Waals surface area (Å²) in [6, 6.07) is 1.66. The van der Waals surface area contributed by atoms with Gasteiger partial charge in [-0.1, -0.05) is 0 Å². The molecule has 8 heteroatoms. The van der Waals surface area contributed by atoms with Gasteiger partial charge in [0.1, 0.15) is 17.9 Å². The Balaban J connectivity index is 1.83. The van der Waals surface area contributed by atoms with Crippen molar-refractivity contribution in [3.05, 3.63) is 28.1 Å². The molecule has 1 aliphatic rings. The van der Waals surface area contributed by atoms with Crippen molar-refractivity contribution in [2.75, 3.05) is 6.54 Å². The van der Waals surface area contributed by atoms with Crippen LogP contribution >= 0.6 is 11.3 Å². The van der Waals surface area contributed by atoms with Crippen LogP contribution in [0, 0.1) is 0 Å². The van der Waals surface area contributed by atoms with Crippen molar-refractivity contribution in [1.29, 1.82) is 0 Å². The molecule has 1 N–H and O–H groups in total. The number of aromatic nitrogens is 2. The number of aliphatic carboxylic acids is 1. The molecular formula is C13H13N3O4S. The number of thiophene rings is 1. The summed E-state index contributed by atoms with van der Waals surface area (Å²) in [5, 5.41) is 11.1. The fourth-order valence-corrected chi connectivity index (χ4v) is 2.92. The number of amides is 1. The number of hydrogen-bond acceptors (Lipinski definition) is 5. The standard InChI is InChI=1S/C13H13N3O4S/c17-10(16(6-11(18)19)8-1-2-8)5-15-7-14-12-9(13(15)20)3-4-21-12/h3-4,7-8H,1-2,5-6H2,(H,18,19). The van der Waals surface area contributed by atoms with E-state index in [9.17, 15) is 14.4 Å². The topological polar surface area (TPSA) is 92.5 Å². The molecule has 0 aromatic carbocycles. The lowest BCUT2D eigenvalue weighted by atomic mass is 10.4. The maximum Gasteiger partial charge on any atom is 0.323 e. The van der Waals surface area contributed by atoms with Gasteiger partial charge in [0.15, 0.2) is 0 Å². The van der Waals surface area contributed by atoms with Gasteiger partial charge < -0.3 is 10.0 Å². The Kier molecular flexibility index (Phi) is 3.46. The largest absolute Gasteiger partial charge is 0.480 e. The van der Waals surface area contributed by atoms with Crippen LogP contribution in [0.25, 0.3) is 10.2 Å². The first-order valence-electron chi connectivity index (χ1n) is 6.50. The Morgan fingerprint density at radius 1 is 1.48 bits per heavy atom. The highest BCUT2D eigenvalue weighted by Gasteiger charge is 2.33. The van der Waals surface area contributed by atoms with E-state index in [-0.39, 0.29) is 30.6 Å². The van der Waals surface area contributed by atoms with E-state index < -0.39 is 5.97 Å². The molecule has 3 rings (SSSR count). The Morgan fingerprint density at radius 3 is 2.90 bits per heavy atom. The van der Waals surface area contributed by atoms with Crippen molar-refractivity contribution in [1.82, 2.24) is 14.5 Å². The van der Waals surface area contributed by atoms with Gasteiger partial charge in [-0.2, -0.15) is 0 Å². The summed E-state index contributed by atoms with van der Waals surface area (Å²) in [6.07, 6.45) is 2.97. The second kappa shape index (κ2) is 5.28. The third-order valence-corrected chi connectivity index (χ3v) is 4.19. The number of hydrogen-bond donors (Lipinski definition) is 1. The molecule has 21 heavy (non-hydrogen) atoms. The van der Waals surface area contributed by atoms with Gasteiger partial charge in [-0.15, -0.1) is 11.3 Å². The summed E-state index contributed by atoms with van der Waals surface area (Å²) in [5.41, 5.74) is -0.277. The zero-order valence-corrected chi connectivity index (χ0v) is 11.9. The van der Waals surface area contributed by atoms with Crippen molar-refractivity contribution >= 4 is 33.4 Å². The minimum atomic E-state index is -1.05. The highest BCUT2D eigenvalue weighted by atomic mass is 32.1. The number of rotatable bonds is 5. The van der Waals surface area contributed by atoms with Gasteiger partial charge in [0, 0.05) is 6.04 Å². The molecule has 0 bridgehead atoms. The maximum atomic E-state index is 12.2. The van der Waals surface area contributed by atoms with E-state index in [1.165, 1.54) is 27.1 Å². The van der Waals surface area contributed by atoms with E-state index in [0.29, 0.717) is 10.2 Å². The normalized spacial score (nSPS) is 14.3. The molecular weight excluding hydrogens is 294 g/mol. The zero-order chi connectivity index (χ0) is 15.0. The molecule has 2 aromatic rings. The van der Waals surface area contributed by atoms with E-state index >= 15 is 0 Å². The van der Waals surface area contributed by atoms with Gasteiger partial charge in [-0.25, -0.2) is 4.98 Å². The van der Waals surface area contributed by atoms with Gasteiger partial charge in [0.2, 0.25) is 5.91 Å². The first kappa shape index (κ1) is 13.7. The Morgan fingerprint density at radius 2 is 2.24 bits per heavy atom. The molecule has 0 unspecified atom stereocenters. The smallest absolute Gasteiger partial charge is 0.323 e. The van der Waals surface area contributed by atoms with Crippen molar-refractivity contribution in [3.63, 3.8) is 0 Å². The molecule has 2 aromatic heterocycles. The summed E-state index contributed by atoms with van der Waals surface area (Å²) in [6.45, 7) is -0.506. The second-order valence-corrected chi connectivity index (χ2v) is 5.86. The summed E-state index contributed by atoms with van der Waals surface area (Å²) < 4.78 is 1.23. The number of carbonyl (C=O) groups excluding carboxylic acids is 1. The number of carboxylic acid groups (broad SMARTS) is 1. The van der Waals surface area contributed by atoms with Crippen molar-refractivity contribution in [3.8, 4) is 0 Å². The molecule has 0 atom stereocenters. The number of carboxylic acids is 1. The lowest BCUT2D eigenvalue weighted by Gasteiger charge is -2.20. The molecule has 0 radical (unpaired) electrons. The Labute approximate surface area is 123 Å². The van der Waals surface area contributed by atoms with Gasteiger partial charge in [-0.05, 0) is 24.3 Å². The summed E-state index contributed by atoms with van der Waals surface area (Å²) in [4.78, 5) is 41.4. The van der Waals surface area contributed by atoms with E-state index in [0.717, 1.165) is 12.8 Å². The van der Waals surface area contributed by atoms with E-state index in [2.05, 4.69) is 4.98 Å². The minimum Gasteiger partial charge on any atom is -0.480 e. The zero-order valence-electron chi connectivity index (χ0n) is 11.1. The van der Waals surface area contributed by atoms with Crippen LogP contribution in [-0.4, -0.2) is 44.0 Å². The molecule has 1 aliphatic carbocycles. The Bertz CT molecular complexity index is 762. The van der Waals surface area contributed by atoms with Crippen LogP contribution in [0.2, 0.25) is 0 Å². The molecule has 1 saturated carbocycles. The quantitative estimate of drug-likeness (QED) is 0.870. The van der Waals surface area contributed by atoms with Crippen molar-refractivity contribution in [2.45, 2.75) is 25.4 Å². The summed E-state index contributed by atoms with van der Waals surface area (Å²) in [7, 11) is 0. The van der Waals surface area contributed by atoms with Gasteiger partial charge in [0.25, 0.3) is 5.56 Å². The van der Waals surface area contributed by atoms with E-state index in [1.54, 1.807) is 11.4 Å². The van der Waals surface area contributed by atoms with Gasteiger partial charge >= 0.3 is 5.97 Å². The molecule has 0 spiro atoms. The molecule has 1 amide bonds. The number of nitrogens with zero attached hydrogens (tertiary/aromatic N) is 3. The molecule has 7 nitrogen and oxygen atoms in total. The lowest BCUT2D eigenvalue weighted by molar-refractivity contribution is -0.145. The van der Waals surface area contributed by atoms with Crippen LogP contribution in [0.3, 0.4) is 0 Å². The van der Waals surface area contributed by atoms with Crippen molar-refractivity contribution < 1.29 is 14.7 Å². The maximum absolute atomic E-state index is 12.2. The summed E-state index contributed by atoms with van der Waals surface area (Å²) in [5.74, 6) is -1.41. The first-order chi connectivity index (χ1) is 10.1. The molecule has 0 aliphatic heterocycles. The van der Waals surface area contributed by atoms with Crippen molar-refractivity contribution in [2.24, 2.45) is 0 Å². The second-order valence-electron chi connectivity index (χ2n) is 4.96.